The highest BCUT2D eigenvalue weighted by molar-refractivity contribution is 6.30. The summed E-state index contributed by atoms with van der Waals surface area (Å²) < 4.78 is 15.2. The molecule has 4 rings (SSSR count). The highest BCUT2D eigenvalue weighted by Crippen LogP contribution is 2.48. The van der Waals surface area contributed by atoms with Crippen molar-refractivity contribution in [3.8, 4) is 5.69 Å². The van der Waals surface area contributed by atoms with Crippen LogP contribution >= 0.6 is 11.6 Å². The summed E-state index contributed by atoms with van der Waals surface area (Å²) >= 11 is 5.90. The number of carbonyl (C=O) groups excluding carboxylic acids is 1. The molecule has 0 spiro atoms. The molecule has 26 heavy (non-hydrogen) atoms. The minimum atomic E-state index is -0.589. The van der Waals surface area contributed by atoms with E-state index in [2.05, 4.69) is 10.4 Å². The third-order valence-corrected chi connectivity index (χ3v) is 4.99. The Morgan fingerprint density at radius 2 is 2.00 bits per heavy atom. The van der Waals surface area contributed by atoms with Gasteiger partial charge in [-0.1, -0.05) is 23.7 Å². The predicted molar refractivity (Wildman–Crippen MR) is 97.7 cm³/mol. The van der Waals surface area contributed by atoms with E-state index in [9.17, 15) is 9.18 Å². The minimum Gasteiger partial charge on any atom is -0.351 e. The van der Waals surface area contributed by atoms with E-state index in [1.165, 1.54) is 12.1 Å². The maximum absolute atomic E-state index is 13.5. The quantitative estimate of drug-likeness (QED) is 0.738. The second-order valence-electron chi connectivity index (χ2n) is 6.54. The molecule has 0 aliphatic heterocycles. The average molecular weight is 370 g/mol. The lowest BCUT2D eigenvalue weighted by molar-refractivity contribution is -0.123. The molecule has 0 unspecified atom stereocenters. The molecule has 1 N–H and O–H groups in total. The van der Waals surface area contributed by atoms with Gasteiger partial charge in [0.25, 0.3) is 0 Å². The molecule has 4 nitrogen and oxygen atoms in total. The van der Waals surface area contributed by atoms with E-state index in [0.717, 1.165) is 29.7 Å². The second-order valence-corrected chi connectivity index (χ2v) is 6.98. The van der Waals surface area contributed by atoms with Crippen LogP contribution in [0.2, 0.25) is 5.02 Å². The third kappa shape index (κ3) is 3.22. The van der Waals surface area contributed by atoms with Gasteiger partial charge in [-0.25, -0.2) is 9.07 Å². The number of halogens is 2. The summed E-state index contributed by atoms with van der Waals surface area (Å²) in [5, 5.41) is 7.94. The summed E-state index contributed by atoms with van der Waals surface area (Å²) in [6.45, 7) is 0.378. The number of hydrogen-bond acceptors (Lipinski definition) is 2. The Morgan fingerprint density at radius 1 is 1.23 bits per heavy atom. The van der Waals surface area contributed by atoms with Crippen molar-refractivity contribution >= 4 is 17.5 Å². The van der Waals surface area contributed by atoms with E-state index in [1.54, 1.807) is 29.1 Å². The monoisotopic (exact) mass is 369 g/mol. The molecule has 3 aromatic rings. The normalized spacial score (nSPS) is 14.8. The van der Waals surface area contributed by atoms with Gasteiger partial charge in [0.1, 0.15) is 5.82 Å². The minimum absolute atomic E-state index is 0.0673. The molecule has 1 fully saturated rings. The fourth-order valence-corrected chi connectivity index (χ4v) is 3.22. The molecule has 0 atom stereocenters. The Labute approximate surface area is 155 Å². The topological polar surface area (TPSA) is 46.9 Å². The van der Waals surface area contributed by atoms with Gasteiger partial charge in [0, 0.05) is 23.3 Å². The first-order valence-electron chi connectivity index (χ1n) is 8.41. The number of hydrogen-bond donors (Lipinski definition) is 1. The van der Waals surface area contributed by atoms with Crippen molar-refractivity contribution in [2.75, 3.05) is 0 Å². The van der Waals surface area contributed by atoms with Crippen LogP contribution in [0.3, 0.4) is 0 Å². The molecular weight excluding hydrogens is 353 g/mol. The van der Waals surface area contributed by atoms with Crippen LogP contribution in [0.25, 0.3) is 5.69 Å². The first kappa shape index (κ1) is 16.8. The van der Waals surface area contributed by atoms with E-state index in [4.69, 9.17) is 11.6 Å². The molecule has 1 saturated carbocycles. The van der Waals surface area contributed by atoms with Crippen LogP contribution in [0.4, 0.5) is 4.39 Å². The third-order valence-electron chi connectivity index (χ3n) is 4.74. The van der Waals surface area contributed by atoms with Crippen molar-refractivity contribution in [2.24, 2.45) is 0 Å². The summed E-state index contributed by atoms with van der Waals surface area (Å²) in [7, 11) is 0. The number of nitrogens with zero attached hydrogens (tertiary/aromatic N) is 2. The molecule has 6 heteroatoms. The molecule has 1 aliphatic rings. The Hall–Kier alpha value is -2.66. The van der Waals surface area contributed by atoms with Crippen LogP contribution in [0.1, 0.15) is 24.0 Å². The van der Waals surface area contributed by atoms with Gasteiger partial charge in [0.2, 0.25) is 5.91 Å². The van der Waals surface area contributed by atoms with E-state index >= 15 is 0 Å². The zero-order chi connectivity index (χ0) is 18.1. The van der Waals surface area contributed by atoms with Gasteiger partial charge < -0.3 is 5.32 Å². The predicted octanol–water partition coefficient (Wildman–Crippen LogP) is 4.01. The smallest absolute Gasteiger partial charge is 0.230 e. The number of nitrogens with one attached hydrogen (secondary N) is 1. The maximum Gasteiger partial charge on any atom is 0.230 e. The lowest BCUT2D eigenvalue weighted by atomic mass is 9.95. The molecule has 1 amide bonds. The highest BCUT2D eigenvalue weighted by atomic mass is 35.5. The van der Waals surface area contributed by atoms with Gasteiger partial charge in [0.15, 0.2) is 0 Å². The van der Waals surface area contributed by atoms with Crippen LogP contribution < -0.4 is 5.32 Å². The number of carbonyl (C=O) groups is 1. The van der Waals surface area contributed by atoms with Gasteiger partial charge in [0.05, 0.1) is 17.3 Å². The summed E-state index contributed by atoms with van der Waals surface area (Å²) in [6.07, 6.45) is 5.07. The van der Waals surface area contributed by atoms with Crippen molar-refractivity contribution in [3.63, 3.8) is 0 Å². The lowest BCUT2D eigenvalue weighted by Gasteiger charge is -2.15. The molecule has 1 heterocycles. The number of aromatic nitrogens is 2. The van der Waals surface area contributed by atoms with Crippen molar-refractivity contribution in [1.82, 2.24) is 15.1 Å². The van der Waals surface area contributed by atoms with Crippen molar-refractivity contribution in [1.29, 1.82) is 0 Å². The van der Waals surface area contributed by atoms with Crippen molar-refractivity contribution in [3.05, 3.63) is 82.9 Å². The molecule has 132 valence electrons. The summed E-state index contributed by atoms with van der Waals surface area (Å²) in [4.78, 5) is 12.7. The van der Waals surface area contributed by atoms with Crippen molar-refractivity contribution in [2.45, 2.75) is 24.8 Å². The lowest BCUT2D eigenvalue weighted by Crippen LogP contribution is -2.34. The number of amides is 1. The highest BCUT2D eigenvalue weighted by Gasteiger charge is 2.51. The van der Waals surface area contributed by atoms with E-state index in [0.29, 0.717) is 11.6 Å². The number of benzene rings is 2. The molecular formula is C20H17ClFN3O. The van der Waals surface area contributed by atoms with Gasteiger partial charge in [-0.2, -0.15) is 5.10 Å². The van der Waals surface area contributed by atoms with Crippen LogP contribution in [-0.2, 0) is 16.8 Å². The molecule has 1 aromatic heterocycles. The second kappa shape index (κ2) is 6.57. The Morgan fingerprint density at radius 3 is 2.69 bits per heavy atom. The Kier molecular flexibility index (Phi) is 4.24. The standard InChI is InChI=1S/C20H17ClFN3O/c21-16-4-6-18(7-5-16)25-13-14(12-24-25)11-23-19(26)20(8-9-20)15-2-1-3-17(22)10-15/h1-7,10,12-13H,8-9,11H2,(H,23,26). The summed E-state index contributed by atoms with van der Waals surface area (Å²) in [5.74, 6) is -0.381. The van der Waals surface area contributed by atoms with Gasteiger partial charge in [-0.05, 0) is 54.8 Å². The zero-order valence-electron chi connectivity index (χ0n) is 14.0. The van der Waals surface area contributed by atoms with Crippen LogP contribution in [0, 0.1) is 5.82 Å². The average Bonchev–Trinajstić information content (AvgIpc) is 3.33. The number of rotatable bonds is 5. The summed E-state index contributed by atoms with van der Waals surface area (Å²) in [5.41, 5.74) is 1.94. The molecule has 2 aromatic carbocycles. The molecule has 0 radical (unpaired) electrons. The van der Waals surface area contributed by atoms with Gasteiger partial charge >= 0.3 is 0 Å². The molecule has 0 saturated heterocycles. The van der Waals surface area contributed by atoms with Gasteiger partial charge in [-0.15, -0.1) is 0 Å². The molecule has 1 aliphatic carbocycles. The first-order chi connectivity index (χ1) is 12.6. The Balaban J connectivity index is 1.43. The van der Waals surface area contributed by atoms with Crippen LogP contribution in [0.5, 0.6) is 0 Å². The summed E-state index contributed by atoms with van der Waals surface area (Å²) in [6, 6.07) is 13.7. The maximum atomic E-state index is 13.5. The fourth-order valence-electron chi connectivity index (χ4n) is 3.10. The fraction of sp³-hybridized carbons (Fsp3) is 0.200. The SMILES string of the molecule is O=C(NCc1cnn(-c2ccc(Cl)cc2)c1)C1(c2cccc(F)c2)CC1. The van der Waals surface area contributed by atoms with Crippen LogP contribution in [-0.4, -0.2) is 15.7 Å². The van der Waals surface area contributed by atoms with E-state index < -0.39 is 5.41 Å². The van der Waals surface area contributed by atoms with E-state index in [1.807, 2.05) is 24.4 Å². The Bertz CT molecular complexity index is 948. The van der Waals surface area contributed by atoms with E-state index in [-0.39, 0.29) is 11.7 Å². The zero-order valence-corrected chi connectivity index (χ0v) is 14.7. The largest absolute Gasteiger partial charge is 0.351 e. The molecule has 0 bridgehead atoms. The first-order valence-corrected chi connectivity index (χ1v) is 8.78. The van der Waals surface area contributed by atoms with Crippen molar-refractivity contribution < 1.29 is 9.18 Å². The van der Waals surface area contributed by atoms with Gasteiger partial charge in [-0.3, -0.25) is 4.79 Å². The van der Waals surface area contributed by atoms with Crippen LogP contribution in [0.15, 0.2) is 60.9 Å².